The van der Waals surface area contributed by atoms with E-state index in [9.17, 15) is 14.4 Å². The van der Waals surface area contributed by atoms with Crippen molar-refractivity contribution in [2.45, 2.75) is 19.0 Å². The molecule has 17 heavy (non-hydrogen) atoms. The topological polar surface area (TPSA) is 95.5 Å². The maximum absolute atomic E-state index is 11.4. The summed E-state index contributed by atoms with van der Waals surface area (Å²) in [6.45, 7) is 1.33. The number of carbonyl (C=O) groups excluding carboxylic acids is 2. The summed E-state index contributed by atoms with van der Waals surface area (Å²) in [5.74, 6) is -1.15. The van der Waals surface area contributed by atoms with Crippen molar-refractivity contribution in [3.8, 4) is 0 Å². The zero-order chi connectivity index (χ0) is 12.8. The molecule has 91 valence electrons. The summed E-state index contributed by atoms with van der Waals surface area (Å²) in [6, 6.07) is 0.800. The van der Waals surface area contributed by atoms with Crippen molar-refractivity contribution in [1.29, 1.82) is 0 Å². The lowest BCUT2D eigenvalue weighted by Crippen LogP contribution is -2.45. The standard InChI is InChI=1S/C10H11N2O4S/c1-6(9(14)15)11-10(16)12-7(5-13)8-3-2-4-17-8/h2-4,6-7H,1H3,(H,14,15)(H2,11,12,16). The third-order valence-corrected chi connectivity index (χ3v) is 2.88. The van der Waals surface area contributed by atoms with Crippen LogP contribution in [-0.2, 0) is 9.59 Å². The predicted octanol–water partition coefficient (Wildman–Crippen LogP) is 0.671. The van der Waals surface area contributed by atoms with Gasteiger partial charge in [0.1, 0.15) is 12.1 Å². The van der Waals surface area contributed by atoms with Crippen molar-refractivity contribution >= 4 is 29.6 Å². The van der Waals surface area contributed by atoms with Gasteiger partial charge in [0.2, 0.25) is 6.29 Å². The number of urea groups is 1. The number of carboxylic acid groups (broad SMARTS) is 1. The number of amides is 2. The molecule has 0 saturated heterocycles. The van der Waals surface area contributed by atoms with Crippen LogP contribution in [-0.4, -0.2) is 29.4 Å². The van der Waals surface area contributed by atoms with E-state index in [0.29, 0.717) is 4.88 Å². The quantitative estimate of drug-likeness (QED) is 0.720. The van der Waals surface area contributed by atoms with Crippen LogP contribution in [0, 0.1) is 0 Å². The number of carbonyl (C=O) groups is 2. The molecule has 1 rings (SSSR count). The van der Waals surface area contributed by atoms with E-state index in [1.165, 1.54) is 18.3 Å². The molecule has 0 aliphatic carbocycles. The van der Waals surface area contributed by atoms with Crippen LogP contribution >= 0.6 is 11.3 Å². The summed E-state index contributed by atoms with van der Waals surface area (Å²) in [5.41, 5.74) is 0. The van der Waals surface area contributed by atoms with Crippen molar-refractivity contribution in [2.75, 3.05) is 0 Å². The van der Waals surface area contributed by atoms with Gasteiger partial charge in [-0.1, -0.05) is 6.07 Å². The molecule has 1 aromatic heterocycles. The molecule has 0 bridgehead atoms. The van der Waals surface area contributed by atoms with E-state index in [1.54, 1.807) is 23.8 Å². The van der Waals surface area contributed by atoms with Crippen LogP contribution in [0.2, 0.25) is 0 Å². The van der Waals surface area contributed by atoms with E-state index < -0.39 is 24.1 Å². The van der Waals surface area contributed by atoms with Gasteiger partial charge in [-0.25, -0.2) is 4.79 Å². The van der Waals surface area contributed by atoms with Gasteiger partial charge < -0.3 is 15.7 Å². The van der Waals surface area contributed by atoms with Crippen LogP contribution in [0.25, 0.3) is 0 Å². The zero-order valence-electron chi connectivity index (χ0n) is 8.97. The summed E-state index contributed by atoms with van der Waals surface area (Å²) in [4.78, 5) is 33.2. The van der Waals surface area contributed by atoms with Gasteiger partial charge in [0.25, 0.3) is 0 Å². The molecule has 2 atom stereocenters. The Morgan fingerprint density at radius 3 is 2.65 bits per heavy atom. The van der Waals surface area contributed by atoms with Gasteiger partial charge in [0, 0.05) is 4.88 Å². The highest BCUT2D eigenvalue weighted by Gasteiger charge is 2.18. The van der Waals surface area contributed by atoms with Crippen LogP contribution in [0.15, 0.2) is 17.5 Å². The highest BCUT2D eigenvalue weighted by Crippen LogP contribution is 2.16. The molecular formula is C10H11N2O4S. The molecule has 0 spiro atoms. The van der Waals surface area contributed by atoms with E-state index in [0.717, 1.165) is 0 Å². The molecular weight excluding hydrogens is 244 g/mol. The number of aliphatic carboxylic acids is 1. The van der Waals surface area contributed by atoms with Gasteiger partial charge in [-0.2, -0.15) is 0 Å². The van der Waals surface area contributed by atoms with Gasteiger partial charge in [0.15, 0.2) is 0 Å². The van der Waals surface area contributed by atoms with Gasteiger partial charge in [-0.15, -0.1) is 11.3 Å². The lowest BCUT2D eigenvalue weighted by atomic mass is 10.2. The van der Waals surface area contributed by atoms with Gasteiger partial charge in [-0.05, 0) is 18.4 Å². The molecule has 2 amide bonds. The fourth-order valence-corrected chi connectivity index (χ4v) is 1.76. The average Bonchev–Trinajstić information content (AvgIpc) is 2.78. The normalized spacial score (nSPS) is 13.5. The van der Waals surface area contributed by atoms with Crippen molar-refractivity contribution in [1.82, 2.24) is 10.6 Å². The number of hydrogen-bond acceptors (Lipinski definition) is 4. The lowest BCUT2D eigenvalue weighted by Gasteiger charge is -2.13. The van der Waals surface area contributed by atoms with Crippen molar-refractivity contribution in [3.63, 3.8) is 0 Å². The number of carboxylic acids is 1. The molecule has 0 aromatic carbocycles. The second-order valence-electron chi connectivity index (χ2n) is 3.24. The summed E-state index contributed by atoms with van der Waals surface area (Å²) < 4.78 is 0. The molecule has 0 saturated carbocycles. The maximum atomic E-state index is 11.4. The maximum Gasteiger partial charge on any atom is 0.325 e. The highest BCUT2D eigenvalue weighted by atomic mass is 32.1. The van der Waals surface area contributed by atoms with Crippen LogP contribution < -0.4 is 10.6 Å². The van der Waals surface area contributed by atoms with E-state index >= 15 is 0 Å². The Kier molecular flexibility index (Phi) is 4.65. The van der Waals surface area contributed by atoms with Crippen LogP contribution in [0.1, 0.15) is 17.8 Å². The molecule has 1 aromatic rings. The fourth-order valence-electron chi connectivity index (χ4n) is 1.05. The van der Waals surface area contributed by atoms with Gasteiger partial charge in [0.05, 0.1) is 0 Å². The van der Waals surface area contributed by atoms with E-state index in [-0.39, 0.29) is 0 Å². The third kappa shape index (κ3) is 3.87. The first-order valence-corrected chi connectivity index (χ1v) is 5.63. The molecule has 1 radical (unpaired) electrons. The first-order valence-electron chi connectivity index (χ1n) is 4.75. The smallest absolute Gasteiger partial charge is 0.325 e. The number of rotatable bonds is 5. The van der Waals surface area contributed by atoms with E-state index in [4.69, 9.17) is 5.11 Å². The van der Waals surface area contributed by atoms with Gasteiger partial charge in [-0.3, -0.25) is 9.59 Å². The van der Waals surface area contributed by atoms with Crippen LogP contribution in [0.4, 0.5) is 4.79 Å². The minimum atomic E-state index is -1.15. The SMILES string of the molecule is CC(NC(=O)NC([C]=O)c1cccs1)C(=O)O. The molecule has 0 fully saturated rings. The largest absolute Gasteiger partial charge is 0.480 e. The van der Waals surface area contributed by atoms with E-state index in [1.807, 2.05) is 0 Å². The molecule has 0 aliphatic rings. The van der Waals surface area contributed by atoms with Crippen LogP contribution in [0.5, 0.6) is 0 Å². The minimum absolute atomic E-state index is 0.637. The lowest BCUT2D eigenvalue weighted by molar-refractivity contribution is -0.138. The van der Waals surface area contributed by atoms with Crippen molar-refractivity contribution < 1.29 is 19.5 Å². The number of thiophene rings is 1. The number of hydrogen-bond donors (Lipinski definition) is 3. The molecule has 6 nitrogen and oxygen atoms in total. The van der Waals surface area contributed by atoms with E-state index in [2.05, 4.69) is 10.6 Å². The summed E-state index contributed by atoms with van der Waals surface area (Å²) in [6.07, 6.45) is 1.68. The average molecular weight is 255 g/mol. The van der Waals surface area contributed by atoms with Crippen molar-refractivity contribution in [3.05, 3.63) is 22.4 Å². The minimum Gasteiger partial charge on any atom is -0.480 e. The van der Waals surface area contributed by atoms with Gasteiger partial charge >= 0.3 is 12.0 Å². The second kappa shape index (κ2) is 6.00. The first kappa shape index (κ1) is 13.2. The second-order valence-corrected chi connectivity index (χ2v) is 4.22. The summed E-state index contributed by atoms with van der Waals surface area (Å²) in [5, 5.41) is 14.9. The molecule has 7 heteroatoms. The Balaban J connectivity index is 2.55. The Morgan fingerprint density at radius 1 is 1.47 bits per heavy atom. The van der Waals surface area contributed by atoms with Crippen LogP contribution in [0.3, 0.4) is 0 Å². The fraction of sp³-hybridized carbons (Fsp3) is 0.300. The first-order chi connectivity index (χ1) is 8.04. The third-order valence-electron chi connectivity index (χ3n) is 1.94. The zero-order valence-corrected chi connectivity index (χ0v) is 9.78. The molecule has 0 aliphatic heterocycles. The molecule has 1 heterocycles. The molecule has 2 unspecified atom stereocenters. The Bertz CT molecular complexity index is 404. The molecule has 3 N–H and O–H groups in total. The Hall–Kier alpha value is -1.89. The number of nitrogens with one attached hydrogen (secondary N) is 2. The Morgan fingerprint density at radius 2 is 2.18 bits per heavy atom. The Labute approximate surface area is 102 Å². The van der Waals surface area contributed by atoms with Crippen molar-refractivity contribution in [2.24, 2.45) is 0 Å². The predicted molar refractivity (Wildman–Crippen MR) is 61.5 cm³/mol. The summed E-state index contributed by atoms with van der Waals surface area (Å²) in [7, 11) is 0. The summed E-state index contributed by atoms with van der Waals surface area (Å²) >= 11 is 1.30. The monoisotopic (exact) mass is 255 g/mol. The highest BCUT2D eigenvalue weighted by molar-refractivity contribution is 7.10.